The van der Waals surface area contributed by atoms with Crippen molar-refractivity contribution in [3.05, 3.63) is 51.5 Å². The van der Waals surface area contributed by atoms with Crippen molar-refractivity contribution in [3.63, 3.8) is 0 Å². The van der Waals surface area contributed by atoms with Crippen LogP contribution in [0.3, 0.4) is 0 Å². The fourth-order valence-corrected chi connectivity index (χ4v) is 2.08. The minimum Gasteiger partial charge on any atom is -0.415 e. The van der Waals surface area contributed by atoms with Crippen molar-refractivity contribution >= 4 is 0 Å². The van der Waals surface area contributed by atoms with Crippen LogP contribution in [-0.2, 0) is 12.8 Å². The number of hydrogen-bond donors (Lipinski definition) is 0. The van der Waals surface area contributed by atoms with Gasteiger partial charge in [0, 0.05) is 6.42 Å². The average Bonchev–Trinajstić information content (AvgIpc) is 2.81. The van der Waals surface area contributed by atoms with Crippen LogP contribution < -0.4 is 10.3 Å². The third kappa shape index (κ3) is 2.01. The SMILES string of the molecule is Cc1ccc(Oc2nc(=O)c3c(o2)CCC3)cc1. The van der Waals surface area contributed by atoms with Crippen molar-refractivity contribution in [1.29, 1.82) is 0 Å². The molecule has 0 N–H and O–H groups in total. The molecule has 0 saturated heterocycles. The van der Waals surface area contributed by atoms with Gasteiger partial charge in [-0.05, 0) is 31.9 Å². The number of hydrogen-bond acceptors (Lipinski definition) is 4. The molecule has 1 aliphatic carbocycles. The summed E-state index contributed by atoms with van der Waals surface area (Å²) in [5, 5.41) is 0. The number of fused-ring (bicyclic) bond motifs is 1. The van der Waals surface area contributed by atoms with Crippen LogP contribution in [0.1, 0.15) is 23.3 Å². The minimum absolute atomic E-state index is 0.0319. The maximum Gasteiger partial charge on any atom is 0.402 e. The van der Waals surface area contributed by atoms with Crippen LogP contribution in [0.25, 0.3) is 0 Å². The van der Waals surface area contributed by atoms with Crippen LogP contribution >= 0.6 is 0 Å². The first-order chi connectivity index (χ1) is 8.72. The minimum atomic E-state index is -0.226. The summed E-state index contributed by atoms with van der Waals surface area (Å²) in [5.41, 5.74) is 1.62. The molecule has 0 saturated carbocycles. The summed E-state index contributed by atoms with van der Waals surface area (Å²) in [6.45, 7) is 2.00. The quantitative estimate of drug-likeness (QED) is 0.813. The smallest absolute Gasteiger partial charge is 0.402 e. The molecular formula is C14H13NO3. The Morgan fingerprint density at radius 1 is 1.22 bits per heavy atom. The Morgan fingerprint density at radius 2 is 2.00 bits per heavy atom. The van der Waals surface area contributed by atoms with E-state index in [0.717, 1.165) is 30.6 Å². The topological polar surface area (TPSA) is 52.3 Å². The van der Waals surface area contributed by atoms with Gasteiger partial charge >= 0.3 is 6.08 Å². The van der Waals surface area contributed by atoms with Crippen LogP contribution in [-0.4, -0.2) is 4.98 Å². The molecule has 1 aromatic carbocycles. The average molecular weight is 243 g/mol. The highest BCUT2D eigenvalue weighted by Crippen LogP contribution is 2.24. The molecule has 0 fully saturated rings. The first-order valence-electron chi connectivity index (χ1n) is 6.00. The molecule has 4 heteroatoms. The predicted octanol–water partition coefficient (Wildman–Crippen LogP) is 2.62. The van der Waals surface area contributed by atoms with E-state index in [1.54, 1.807) is 0 Å². The van der Waals surface area contributed by atoms with Gasteiger partial charge in [-0.15, -0.1) is 4.98 Å². The molecular weight excluding hydrogens is 230 g/mol. The summed E-state index contributed by atoms with van der Waals surface area (Å²) in [5.74, 6) is 1.34. The molecule has 0 aliphatic heterocycles. The molecule has 0 amide bonds. The monoisotopic (exact) mass is 243 g/mol. The Morgan fingerprint density at radius 3 is 2.78 bits per heavy atom. The van der Waals surface area contributed by atoms with E-state index in [-0.39, 0.29) is 11.6 Å². The van der Waals surface area contributed by atoms with Gasteiger partial charge in [0.1, 0.15) is 11.5 Å². The highest BCUT2D eigenvalue weighted by atomic mass is 16.6. The van der Waals surface area contributed by atoms with E-state index in [1.807, 2.05) is 31.2 Å². The van der Waals surface area contributed by atoms with E-state index in [9.17, 15) is 4.79 Å². The van der Waals surface area contributed by atoms with Crippen LogP contribution in [0, 0.1) is 6.92 Å². The summed E-state index contributed by atoms with van der Waals surface area (Å²) >= 11 is 0. The van der Waals surface area contributed by atoms with E-state index >= 15 is 0 Å². The zero-order valence-electron chi connectivity index (χ0n) is 10.1. The van der Waals surface area contributed by atoms with E-state index in [2.05, 4.69) is 4.98 Å². The molecule has 3 rings (SSSR count). The Hall–Kier alpha value is -2.10. The van der Waals surface area contributed by atoms with E-state index in [4.69, 9.17) is 9.15 Å². The second-order valence-electron chi connectivity index (χ2n) is 4.46. The molecule has 92 valence electrons. The van der Waals surface area contributed by atoms with Gasteiger partial charge in [0.05, 0.1) is 5.56 Å². The number of aryl methyl sites for hydroxylation is 2. The molecule has 0 radical (unpaired) electrons. The van der Waals surface area contributed by atoms with E-state index < -0.39 is 0 Å². The maximum atomic E-state index is 11.7. The first-order valence-corrected chi connectivity index (χ1v) is 6.00. The molecule has 1 heterocycles. The maximum absolute atomic E-state index is 11.7. The van der Waals surface area contributed by atoms with Crippen molar-refractivity contribution in [2.45, 2.75) is 26.2 Å². The van der Waals surface area contributed by atoms with Crippen LogP contribution in [0.5, 0.6) is 11.8 Å². The normalized spacial score (nSPS) is 13.4. The number of benzene rings is 1. The second-order valence-corrected chi connectivity index (χ2v) is 4.46. The number of aromatic nitrogens is 1. The van der Waals surface area contributed by atoms with Gasteiger partial charge < -0.3 is 9.15 Å². The van der Waals surface area contributed by atoms with Crippen molar-refractivity contribution < 1.29 is 9.15 Å². The molecule has 0 unspecified atom stereocenters. The second kappa shape index (κ2) is 4.29. The zero-order valence-corrected chi connectivity index (χ0v) is 10.1. The van der Waals surface area contributed by atoms with Crippen LogP contribution in [0.15, 0.2) is 33.5 Å². The number of rotatable bonds is 2. The lowest BCUT2D eigenvalue weighted by Crippen LogP contribution is -2.12. The van der Waals surface area contributed by atoms with Crippen molar-refractivity contribution in [2.75, 3.05) is 0 Å². The first kappa shape index (κ1) is 11.0. The Kier molecular flexibility index (Phi) is 2.63. The predicted molar refractivity (Wildman–Crippen MR) is 66.1 cm³/mol. The third-order valence-corrected chi connectivity index (χ3v) is 3.05. The molecule has 0 bridgehead atoms. The summed E-state index contributed by atoms with van der Waals surface area (Å²) in [6, 6.07) is 7.51. The Labute approximate surface area is 104 Å². The van der Waals surface area contributed by atoms with E-state index in [0.29, 0.717) is 11.3 Å². The van der Waals surface area contributed by atoms with Gasteiger partial charge in [-0.25, -0.2) is 0 Å². The van der Waals surface area contributed by atoms with Crippen molar-refractivity contribution in [2.24, 2.45) is 0 Å². The standard InChI is InChI=1S/C14H13NO3/c1-9-5-7-10(8-6-9)17-14-15-13(16)11-3-2-4-12(11)18-14/h5-8H,2-4H2,1H3. The van der Waals surface area contributed by atoms with Gasteiger partial charge in [-0.1, -0.05) is 17.7 Å². The number of nitrogens with zero attached hydrogens (tertiary/aromatic N) is 1. The third-order valence-electron chi connectivity index (χ3n) is 3.05. The summed E-state index contributed by atoms with van der Waals surface area (Å²) in [4.78, 5) is 15.5. The lowest BCUT2D eigenvalue weighted by atomic mass is 10.2. The molecule has 0 spiro atoms. The molecule has 4 nitrogen and oxygen atoms in total. The van der Waals surface area contributed by atoms with Crippen molar-refractivity contribution in [3.8, 4) is 11.8 Å². The zero-order chi connectivity index (χ0) is 12.5. The van der Waals surface area contributed by atoms with Gasteiger partial charge in [0.25, 0.3) is 5.56 Å². The van der Waals surface area contributed by atoms with Crippen LogP contribution in [0.2, 0.25) is 0 Å². The van der Waals surface area contributed by atoms with Gasteiger partial charge in [-0.3, -0.25) is 4.79 Å². The molecule has 1 aromatic heterocycles. The molecule has 2 aromatic rings. The highest BCUT2D eigenvalue weighted by molar-refractivity contribution is 5.28. The van der Waals surface area contributed by atoms with Gasteiger partial charge in [-0.2, -0.15) is 0 Å². The molecule has 0 atom stereocenters. The molecule has 1 aliphatic rings. The number of ether oxygens (including phenoxy) is 1. The summed E-state index contributed by atoms with van der Waals surface area (Å²) in [7, 11) is 0. The summed E-state index contributed by atoms with van der Waals surface area (Å²) < 4.78 is 11.0. The Bertz CT molecular complexity index is 628. The largest absolute Gasteiger partial charge is 0.415 e. The van der Waals surface area contributed by atoms with E-state index in [1.165, 1.54) is 0 Å². The lowest BCUT2D eigenvalue weighted by molar-refractivity contribution is 0.299. The van der Waals surface area contributed by atoms with Gasteiger partial charge in [0.2, 0.25) is 0 Å². The fraction of sp³-hybridized carbons (Fsp3) is 0.286. The van der Waals surface area contributed by atoms with Crippen LogP contribution in [0.4, 0.5) is 0 Å². The molecule has 18 heavy (non-hydrogen) atoms. The lowest BCUT2D eigenvalue weighted by Gasteiger charge is -2.04. The fourth-order valence-electron chi connectivity index (χ4n) is 2.08. The summed E-state index contributed by atoms with van der Waals surface area (Å²) in [6.07, 6.45) is 2.53. The highest BCUT2D eigenvalue weighted by Gasteiger charge is 2.19. The van der Waals surface area contributed by atoms with Crippen molar-refractivity contribution in [1.82, 2.24) is 4.98 Å². The Balaban J connectivity index is 1.92. The van der Waals surface area contributed by atoms with Gasteiger partial charge in [0.15, 0.2) is 0 Å².